The van der Waals surface area contributed by atoms with E-state index in [4.69, 9.17) is 11.6 Å². The molecule has 25 heavy (non-hydrogen) atoms. The fraction of sp³-hybridized carbons (Fsp3) is 0.500. The summed E-state index contributed by atoms with van der Waals surface area (Å²) < 4.78 is 0. The molecule has 0 radical (unpaired) electrons. The summed E-state index contributed by atoms with van der Waals surface area (Å²) in [5.41, 5.74) is 0.587. The Morgan fingerprint density at radius 2 is 2.16 bits per heavy atom. The van der Waals surface area contributed by atoms with Crippen LogP contribution in [0, 0.1) is 12.8 Å². The number of carbonyl (C=O) groups is 3. The molecule has 1 saturated heterocycles. The van der Waals surface area contributed by atoms with Gasteiger partial charge in [0.15, 0.2) is 0 Å². The maximum Gasteiger partial charge on any atom is 0.325 e. The molecule has 0 bridgehead atoms. The molecule has 4 amide bonds. The van der Waals surface area contributed by atoms with Crippen LogP contribution in [-0.2, 0) is 9.59 Å². The highest BCUT2D eigenvalue weighted by Crippen LogP contribution is 2.38. The van der Waals surface area contributed by atoms with E-state index in [1.807, 2.05) is 13.8 Å². The lowest BCUT2D eigenvalue weighted by molar-refractivity contribution is -0.136. The van der Waals surface area contributed by atoms with Gasteiger partial charge in [0.2, 0.25) is 5.91 Å². The van der Waals surface area contributed by atoms with Gasteiger partial charge in [0, 0.05) is 10.7 Å². The van der Waals surface area contributed by atoms with Gasteiger partial charge >= 0.3 is 6.03 Å². The third kappa shape index (κ3) is 3.23. The van der Waals surface area contributed by atoms with Gasteiger partial charge in [-0.2, -0.15) is 0 Å². The van der Waals surface area contributed by atoms with E-state index in [2.05, 4.69) is 10.6 Å². The van der Waals surface area contributed by atoms with Gasteiger partial charge in [-0.05, 0) is 49.4 Å². The minimum atomic E-state index is -0.841. The molecule has 1 aromatic carbocycles. The van der Waals surface area contributed by atoms with Crippen LogP contribution in [0.4, 0.5) is 10.5 Å². The van der Waals surface area contributed by atoms with Crippen LogP contribution in [0.25, 0.3) is 0 Å². The molecule has 0 aromatic heterocycles. The molecule has 7 heteroatoms. The van der Waals surface area contributed by atoms with E-state index in [-0.39, 0.29) is 18.4 Å². The van der Waals surface area contributed by atoms with E-state index in [1.165, 1.54) is 0 Å². The lowest BCUT2D eigenvalue weighted by atomic mass is 9.73. The summed E-state index contributed by atoms with van der Waals surface area (Å²) in [5.74, 6) is -0.619. The number of benzene rings is 1. The van der Waals surface area contributed by atoms with E-state index < -0.39 is 17.5 Å². The third-order valence-electron chi connectivity index (χ3n) is 5.27. The van der Waals surface area contributed by atoms with E-state index in [9.17, 15) is 14.4 Å². The molecule has 1 aromatic rings. The highest BCUT2D eigenvalue weighted by molar-refractivity contribution is 6.30. The number of hydrogen-bond acceptors (Lipinski definition) is 3. The molecule has 2 atom stereocenters. The second-order valence-electron chi connectivity index (χ2n) is 6.95. The number of nitrogens with zero attached hydrogens (tertiary/aromatic N) is 1. The van der Waals surface area contributed by atoms with Crippen molar-refractivity contribution in [1.29, 1.82) is 0 Å². The van der Waals surface area contributed by atoms with Crippen molar-refractivity contribution < 1.29 is 14.4 Å². The summed E-state index contributed by atoms with van der Waals surface area (Å²) >= 11 is 5.91. The molecule has 1 heterocycles. The Morgan fingerprint density at radius 3 is 2.84 bits per heavy atom. The first-order valence-electron chi connectivity index (χ1n) is 8.53. The maximum absolute atomic E-state index is 12.8. The van der Waals surface area contributed by atoms with Crippen LogP contribution in [0.1, 0.15) is 38.2 Å². The number of halogens is 1. The fourth-order valence-electron chi connectivity index (χ4n) is 3.74. The van der Waals surface area contributed by atoms with Crippen LogP contribution >= 0.6 is 11.6 Å². The van der Waals surface area contributed by atoms with Gasteiger partial charge in [-0.3, -0.25) is 14.5 Å². The SMILES string of the molecule is Cc1cc(Cl)ccc1NC(=O)CN1C(=O)N[C@@]2(CCCC[C@H]2C)C1=O. The van der Waals surface area contributed by atoms with Crippen molar-refractivity contribution in [3.8, 4) is 0 Å². The van der Waals surface area contributed by atoms with Crippen LogP contribution in [0.3, 0.4) is 0 Å². The van der Waals surface area contributed by atoms with Gasteiger partial charge in [0.1, 0.15) is 12.1 Å². The Labute approximate surface area is 151 Å². The average Bonchev–Trinajstić information content (AvgIpc) is 2.78. The molecule has 134 valence electrons. The fourth-order valence-corrected chi connectivity index (χ4v) is 3.97. The van der Waals surface area contributed by atoms with E-state index in [0.29, 0.717) is 17.1 Å². The minimum Gasteiger partial charge on any atom is -0.324 e. The predicted octanol–water partition coefficient (Wildman–Crippen LogP) is 3.09. The zero-order chi connectivity index (χ0) is 18.2. The smallest absolute Gasteiger partial charge is 0.324 e. The maximum atomic E-state index is 12.8. The van der Waals surface area contributed by atoms with Crippen LogP contribution in [0.15, 0.2) is 18.2 Å². The van der Waals surface area contributed by atoms with Gasteiger partial charge in [-0.1, -0.05) is 31.4 Å². The average molecular weight is 364 g/mol. The molecule has 0 unspecified atom stereocenters. The predicted molar refractivity (Wildman–Crippen MR) is 95.4 cm³/mol. The summed E-state index contributed by atoms with van der Waals surface area (Å²) in [4.78, 5) is 38.5. The number of rotatable bonds is 3. The first kappa shape index (κ1) is 17.7. The third-order valence-corrected chi connectivity index (χ3v) is 5.50. The molecule has 1 saturated carbocycles. The summed E-state index contributed by atoms with van der Waals surface area (Å²) in [6.45, 7) is 3.52. The molecule has 6 nitrogen and oxygen atoms in total. The van der Waals surface area contributed by atoms with Gasteiger partial charge in [-0.15, -0.1) is 0 Å². The highest BCUT2D eigenvalue weighted by Gasteiger charge is 2.55. The lowest BCUT2D eigenvalue weighted by Crippen LogP contribution is -2.54. The first-order valence-corrected chi connectivity index (χ1v) is 8.91. The second kappa shape index (κ2) is 6.67. The molecule has 2 N–H and O–H groups in total. The van der Waals surface area contributed by atoms with E-state index in [1.54, 1.807) is 18.2 Å². The number of hydrogen-bond donors (Lipinski definition) is 2. The Bertz CT molecular complexity index is 736. The molecular formula is C18H22ClN3O3. The molecule has 3 rings (SSSR count). The largest absolute Gasteiger partial charge is 0.325 e. The molecule has 1 spiro atoms. The zero-order valence-corrected chi connectivity index (χ0v) is 15.2. The van der Waals surface area contributed by atoms with Crippen LogP contribution in [-0.4, -0.2) is 34.8 Å². The van der Waals surface area contributed by atoms with Gasteiger partial charge in [-0.25, -0.2) is 4.79 Å². The second-order valence-corrected chi connectivity index (χ2v) is 7.38. The van der Waals surface area contributed by atoms with Crippen molar-refractivity contribution >= 4 is 35.1 Å². The summed E-state index contributed by atoms with van der Waals surface area (Å²) in [6.07, 6.45) is 3.49. The van der Waals surface area contributed by atoms with E-state index >= 15 is 0 Å². The molecule has 1 aliphatic heterocycles. The normalized spacial score (nSPS) is 26.0. The van der Waals surface area contributed by atoms with Crippen molar-refractivity contribution in [2.24, 2.45) is 5.92 Å². The van der Waals surface area contributed by atoms with Crippen LogP contribution in [0.5, 0.6) is 0 Å². The Morgan fingerprint density at radius 1 is 1.40 bits per heavy atom. The lowest BCUT2D eigenvalue weighted by Gasteiger charge is -2.36. The number of urea groups is 1. The number of amides is 4. The number of carbonyl (C=O) groups excluding carboxylic acids is 3. The van der Waals surface area contributed by atoms with Gasteiger partial charge in [0.05, 0.1) is 0 Å². The number of aryl methyl sites for hydroxylation is 1. The van der Waals surface area contributed by atoms with Gasteiger partial charge < -0.3 is 10.6 Å². The number of imide groups is 1. The quantitative estimate of drug-likeness (QED) is 0.810. The van der Waals surface area contributed by atoms with Crippen molar-refractivity contribution in [2.45, 2.75) is 45.1 Å². The minimum absolute atomic E-state index is 0.0734. The summed E-state index contributed by atoms with van der Waals surface area (Å²) in [7, 11) is 0. The van der Waals surface area contributed by atoms with Crippen LogP contribution < -0.4 is 10.6 Å². The molecule has 2 aliphatic rings. The first-order chi connectivity index (χ1) is 11.8. The Balaban J connectivity index is 1.71. The number of nitrogens with one attached hydrogen (secondary N) is 2. The van der Waals surface area contributed by atoms with Crippen molar-refractivity contribution in [3.63, 3.8) is 0 Å². The zero-order valence-electron chi connectivity index (χ0n) is 14.4. The summed E-state index contributed by atoms with van der Waals surface area (Å²) in [5, 5.41) is 6.16. The standard InChI is InChI=1S/C18H22ClN3O3/c1-11-9-13(19)6-7-14(11)20-15(23)10-22-16(24)18(21-17(22)25)8-4-3-5-12(18)2/h6-7,9,12H,3-5,8,10H2,1-2H3,(H,20,23)(H,21,25)/t12-,18-/m1/s1. The van der Waals surface area contributed by atoms with Crippen LogP contribution in [0.2, 0.25) is 5.02 Å². The van der Waals surface area contributed by atoms with Crippen molar-refractivity contribution in [3.05, 3.63) is 28.8 Å². The topological polar surface area (TPSA) is 78.5 Å². The summed E-state index contributed by atoms with van der Waals surface area (Å²) in [6, 6.07) is 4.63. The van der Waals surface area contributed by atoms with E-state index in [0.717, 1.165) is 29.7 Å². The number of anilines is 1. The van der Waals surface area contributed by atoms with Crippen molar-refractivity contribution in [1.82, 2.24) is 10.2 Å². The van der Waals surface area contributed by atoms with Gasteiger partial charge in [0.25, 0.3) is 5.91 Å². The Kier molecular flexibility index (Phi) is 4.73. The monoisotopic (exact) mass is 363 g/mol. The molecular weight excluding hydrogens is 342 g/mol. The van der Waals surface area contributed by atoms with Crippen molar-refractivity contribution in [2.75, 3.05) is 11.9 Å². The molecule has 2 fully saturated rings. The molecule has 1 aliphatic carbocycles. The Hall–Kier alpha value is -2.08. The highest BCUT2D eigenvalue weighted by atomic mass is 35.5.